The molecule has 1 aliphatic heterocycles. The van der Waals surface area contributed by atoms with E-state index >= 15 is 0 Å². The molecule has 4 nitrogen and oxygen atoms in total. The van der Waals surface area contributed by atoms with Gasteiger partial charge in [-0.3, -0.25) is 9.69 Å². The lowest BCUT2D eigenvalue weighted by atomic mass is 9.87. The second-order valence-electron chi connectivity index (χ2n) is 9.70. The van der Waals surface area contributed by atoms with Gasteiger partial charge in [0.1, 0.15) is 11.3 Å². The summed E-state index contributed by atoms with van der Waals surface area (Å²) in [4.78, 5) is 13.9. The Morgan fingerprint density at radius 3 is 2.19 bits per heavy atom. The molecule has 2 fully saturated rings. The number of piperidine rings is 1. The molecule has 0 bridgehead atoms. The first-order chi connectivity index (χ1) is 17.0. The number of esters is 1. The summed E-state index contributed by atoms with van der Waals surface area (Å²) < 4.78 is 91.5. The van der Waals surface area contributed by atoms with Gasteiger partial charge in [-0.1, -0.05) is 18.2 Å². The highest BCUT2D eigenvalue weighted by Gasteiger charge is 2.42. The van der Waals surface area contributed by atoms with E-state index in [1.807, 2.05) is 0 Å². The van der Waals surface area contributed by atoms with E-state index in [1.165, 1.54) is 19.2 Å². The van der Waals surface area contributed by atoms with Crippen LogP contribution in [0.25, 0.3) is 10.8 Å². The van der Waals surface area contributed by atoms with E-state index in [0.717, 1.165) is 5.56 Å². The Bertz CT molecular complexity index is 1070. The molecular weight excluding hydrogens is 488 g/mol. The van der Waals surface area contributed by atoms with Gasteiger partial charge in [-0.2, -0.15) is 26.3 Å². The lowest BCUT2D eigenvalue weighted by Crippen LogP contribution is -2.36. The monoisotopic (exact) mass is 517 g/mol. The van der Waals surface area contributed by atoms with Crippen molar-refractivity contribution in [3.05, 3.63) is 41.5 Å². The highest BCUT2D eigenvalue weighted by Crippen LogP contribution is 2.44. The van der Waals surface area contributed by atoms with Crippen molar-refractivity contribution in [2.45, 2.75) is 63.5 Å². The highest BCUT2D eigenvalue weighted by molar-refractivity contribution is 5.89. The third-order valence-corrected chi connectivity index (χ3v) is 7.29. The summed E-state index contributed by atoms with van der Waals surface area (Å²) in [7, 11) is 1.37. The van der Waals surface area contributed by atoms with Gasteiger partial charge in [-0.05, 0) is 80.1 Å². The van der Waals surface area contributed by atoms with Gasteiger partial charge in [0.15, 0.2) is 0 Å². The number of likely N-dealkylation sites (tertiary alicyclic amines) is 1. The third kappa shape index (κ3) is 6.07. The van der Waals surface area contributed by atoms with Crippen molar-refractivity contribution in [2.75, 3.05) is 20.2 Å². The molecular formula is C26H29F6NO3. The summed E-state index contributed by atoms with van der Waals surface area (Å²) >= 11 is 0. The van der Waals surface area contributed by atoms with Gasteiger partial charge in [0.25, 0.3) is 0 Å². The molecule has 0 N–H and O–H groups in total. The largest absolute Gasteiger partial charge is 0.490 e. The summed E-state index contributed by atoms with van der Waals surface area (Å²) in [6.07, 6.45) is -8.50. The van der Waals surface area contributed by atoms with E-state index in [0.29, 0.717) is 37.9 Å². The molecule has 0 amide bonds. The van der Waals surface area contributed by atoms with Crippen LogP contribution in [0.3, 0.4) is 0 Å². The average Bonchev–Trinajstić information content (AvgIpc) is 2.83. The van der Waals surface area contributed by atoms with E-state index in [2.05, 4.69) is 4.90 Å². The van der Waals surface area contributed by atoms with Gasteiger partial charge in [0.2, 0.25) is 0 Å². The van der Waals surface area contributed by atoms with Crippen LogP contribution in [0.4, 0.5) is 26.3 Å². The first kappa shape index (κ1) is 26.6. The number of fused-ring (bicyclic) bond motifs is 1. The fourth-order valence-corrected chi connectivity index (χ4v) is 5.29. The van der Waals surface area contributed by atoms with Crippen molar-refractivity contribution in [3.63, 3.8) is 0 Å². The minimum absolute atomic E-state index is 0.00266. The zero-order valence-electron chi connectivity index (χ0n) is 19.9. The van der Waals surface area contributed by atoms with E-state index in [1.54, 1.807) is 18.2 Å². The topological polar surface area (TPSA) is 38.8 Å². The summed E-state index contributed by atoms with van der Waals surface area (Å²) in [5.74, 6) is -2.12. The van der Waals surface area contributed by atoms with Gasteiger partial charge in [0, 0.05) is 6.54 Å². The van der Waals surface area contributed by atoms with Crippen LogP contribution in [-0.2, 0) is 22.3 Å². The van der Waals surface area contributed by atoms with E-state index < -0.39 is 29.9 Å². The Morgan fingerprint density at radius 1 is 0.944 bits per heavy atom. The fourth-order valence-electron chi connectivity index (χ4n) is 5.29. The van der Waals surface area contributed by atoms with Crippen molar-refractivity contribution in [1.82, 2.24) is 4.90 Å². The average molecular weight is 518 g/mol. The summed E-state index contributed by atoms with van der Waals surface area (Å²) in [5, 5.41) is 0.412. The molecule has 2 aromatic rings. The molecule has 4 rings (SSSR count). The summed E-state index contributed by atoms with van der Waals surface area (Å²) in [5.41, 5.74) is -0.0466. The second-order valence-corrected chi connectivity index (χ2v) is 9.70. The lowest BCUT2D eigenvalue weighted by molar-refractivity contribution is -0.185. The van der Waals surface area contributed by atoms with Gasteiger partial charge in [-0.25, -0.2) is 0 Å². The molecule has 10 heteroatoms. The maximum Gasteiger partial charge on any atom is 0.420 e. The summed E-state index contributed by atoms with van der Waals surface area (Å²) in [6.45, 7) is 1.93. The Balaban J connectivity index is 1.49. The molecule has 1 saturated carbocycles. The first-order valence-electron chi connectivity index (χ1n) is 12.1. The molecule has 2 aromatic carbocycles. The van der Waals surface area contributed by atoms with Gasteiger partial charge < -0.3 is 9.47 Å². The number of carbonyl (C=O) groups is 1. The number of hydrogen-bond donors (Lipinski definition) is 0. The van der Waals surface area contributed by atoms with Crippen LogP contribution in [0, 0.1) is 11.8 Å². The minimum atomic E-state index is -4.69. The smallest absolute Gasteiger partial charge is 0.420 e. The number of alkyl halides is 6. The predicted octanol–water partition coefficient (Wildman–Crippen LogP) is 6.74. The van der Waals surface area contributed by atoms with Crippen LogP contribution in [0.2, 0.25) is 0 Å². The molecule has 1 aliphatic carbocycles. The fraction of sp³-hybridized carbons (Fsp3) is 0.577. The number of nitrogens with zero attached hydrogens (tertiary/aromatic N) is 1. The molecule has 0 aromatic heterocycles. The molecule has 2 aliphatic rings. The molecule has 0 radical (unpaired) electrons. The van der Waals surface area contributed by atoms with Crippen molar-refractivity contribution < 1.29 is 40.6 Å². The van der Waals surface area contributed by atoms with Gasteiger partial charge in [-0.15, -0.1) is 0 Å². The Morgan fingerprint density at radius 2 is 1.61 bits per heavy atom. The van der Waals surface area contributed by atoms with Crippen LogP contribution < -0.4 is 4.74 Å². The van der Waals surface area contributed by atoms with Crippen LogP contribution in [0.1, 0.15) is 49.7 Å². The molecule has 0 atom stereocenters. The number of ether oxygens (including phenoxy) is 2. The van der Waals surface area contributed by atoms with Crippen LogP contribution in [0.5, 0.6) is 5.75 Å². The number of hydrogen-bond acceptors (Lipinski definition) is 4. The zero-order valence-corrected chi connectivity index (χ0v) is 19.9. The van der Waals surface area contributed by atoms with Crippen molar-refractivity contribution in [1.29, 1.82) is 0 Å². The first-order valence-corrected chi connectivity index (χ1v) is 12.1. The Kier molecular flexibility index (Phi) is 7.73. The highest BCUT2D eigenvalue weighted by atomic mass is 19.4. The number of halogens is 6. The standard InChI is InChI=1S/C26H29F6NO3/c1-35-24(34)17-10-12-33(13-11-17)15-16-2-8-21-18(14-16)3-9-22(23(21)26(30,31)32)36-20-6-4-19(5-7-20)25(27,28)29/h2-3,8-9,14,17,19-20H,4-7,10-13,15H2,1H3. The zero-order chi connectivity index (χ0) is 26.1. The van der Waals surface area contributed by atoms with Crippen molar-refractivity contribution in [2.24, 2.45) is 11.8 Å². The van der Waals surface area contributed by atoms with Crippen LogP contribution in [-0.4, -0.2) is 43.3 Å². The Labute approximate surface area is 205 Å². The van der Waals surface area contributed by atoms with Gasteiger partial charge >= 0.3 is 18.3 Å². The van der Waals surface area contributed by atoms with Gasteiger partial charge in [0.05, 0.1) is 25.0 Å². The number of carbonyl (C=O) groups excluding carboxylic acids is 1. The normalized spacial score (nSPS) is 22.5. The second kappa shape index (κ2) is 10.5. The molecule has 198 valence electrons. The predicted molar refractivity (Wildman–Crippen MR) is 121 cm³/mol. The van der Waals surface area contributed by atoms with Crippen molar-refractivity contribution >= 4 is 16.7 Å². The van der Waals surface area contributed by atoms with Crippen LogP contribution in [0.15, 0.2) is 30.3 Å². The van der Waals surface area contributed by atoms with E-state index in [9.17, 15) is 31.1 Å². The summed E-state index contributed by atoms with van der Waals surface area (Å²) in [6, 6.07) is 7.64. The maximum absolute atomic E-state index is 14.1. The molecule has 1 saturated heterocycles. The quantitative estimate of drug-likeness (QED) is 0.325. The SMILES string of the molecule is COC(=O)C1CCN(Cc2ccc3c(C(F)(F)F)c(OC4CCC(C(F)(F)F)CC4)ccc3c2)CC1. The number of methoxy groups -OCH3 is 1. The van der Waals surface area contributed by atoms with Crippen molar-refractivity contribution in [3.8, 4) is 5.75 Å². The molecule has 1 heterocycles. The number of rotatable bonds is 5. The number of benzene rings is 2. The third-order valence-electron chi connectivity index (χ3n) is 7.29. The maximum atomic E-state index is 14.1. The Hall–Kier alpha value is -2.49. The van der Waals surface area contributed by atoms with Crippen LogP contribution >= 0.6 is 0 Å². The molecule has 36 heavy (non-hydrogen) atoms. The molecule has 0 spiro atoms. The molecule has 0 unspecified atom stereocenters. The van der Waals surface area contributed by atoms with E-state index in [-0.39, 0.29) is 48.7 Å². The van der Waals surface area contributed by atoms with E-state index in [4.69, 9.17) is 9.47 Å². The minimum Gasteiger partial charge on any atom is -0.490 e. The lowest BCUT2D eigenvalue weighted by Gasteiger charge is -2.31.